The first kappa shape index (κ1) is 16.0. The van der Waals surface area contributed by atoms with Crippen molar-refractivity contribution in [2.75, 3.05) is 26.2 Å². The molecule has 2 unspecified atom stereocenters. The van der Waals surface area contributed by atoms with Crippen LogP contribution in [-0.2, 0) is 11.2 Å². The molecule has 1 aliphatic heterocycles. The standard InChI is InChI=1S/C17H25FN2O/c1-13-9-14(2)11-20(10-13)12-17(21)19-8-7-15-3-5-16(18)6-4-15/h3-6,13-14H,7-12H2,1-2H3,(H,19,21). The molecule has 1 aromatic rings. The molecule has 1 aromatic carbocycles. The normalized spacial score (nSPS) is 23.0. The van der Waals surface area contributed by atoms with Crippen molar-refractivity contribution >= 4 is 5.91 Å². The van der Waals surface area contributed by atoms with Crippen molar-refractivity contribution in [1.29, 1.82) is 0 Å². The summed E-state index contributed by atoms with van der Waals surface area (Å²) in [6, 6.07) is 6.42. The van der Waals surface area contributed by atoms with E-state index in [2.05, 4.69) is 24.1 Å². The number of piperidine rings is 1. The van der Waals surface area contributed by atoms with Gasteiger partial charge in [-0.25, -0.2) is 4.39 Å². The molecule has 1 amide bonds. The Balaban J connectivity index is 1.68. The lowest BCUT2D eigenvalue weighted by molar-refractivity contribution is -0.122. The summed E-state index contributed by atoms with van der Waals surface area (Å²) in [4.78, 5) is 14.2. The highest BCUT2D eigenvalue weighted by atomic mass is 19.1. The van der Waals surface area contributed by atoms with Gasteiger partial charge in [0.1, 0.15) is 5.82 Å². The van der Waals surface area contributed by atoms with Crippen LogP contribution in [0.4, 0.5) is 4.39 Å². The highest BCUT2D eigenvalue weighted by Crippen LogP contribution is 2.20. The third kappa shape index (κ3) is 5.46. The number of nitrogens with zero attached hydrogens (tertiary/aromatic N) is 1. The third-order valence-corrected chi connectivity index (χ3v) is 3.96. The highest BCUT2D eigenvalue weighted by molar-refractivity contribution is 5.78. The summed E-state index contributed by atoms with van der Waals surface area (Å²) in [5, 5.41) is 2.95. The van der Waals surface area contributed by atoms with Gasteiger partial charge in [-0.1, -0.05) is 26.0 Å². The van der Waals surface area contributed by atoms with Gasteiger partial charge in [-0.15, -0.1) is 0 Å². The van der Waals surface area contributed by atoms with Crippen LogP contribution in [0.2, 0.25) is 0 Å². The zero-order valence-electron chi connectivity index (χ0n) is 12.9. The van der Waals surface area contributed by atoms with Crippen LogP contribution in [0, 0.1) is 17.7 Å². The molecular formula is C17H25FN2O. The molecule has 1 heterocycles. The fourth-order valence-electron chi connectivity index (χ4n) is 3.18. The number of carbonyl (C=O) groups excluding carboxylic acids is 1. The first-order valence-electron chi connectivity index (χ1n) is 7.76. The van der Waals surface area contributed by atoms with E-state index in [4.69, 9.17) is 0 Å². The maximum Gasteiger partial charge on any atom is 0.234 e. The van der Waals surface area contributed by atoms with Gasteiger partial charge in [0.15, 0.2) is 0 Å². The van der Waals surface area contributed by atoms with E-state index in [0.717, 1.165) is 25.1 Å². The Hall–Kier alpha value is -1.42. The van der Waals surface area contributed by atoms with Crippen LogP contribution in [0.15, 0.2) is 24.3 Å². The van der Waals surface area contributed by atoms with Crippen molar-refractivity contribution in [3.8, 4) is 0 Å². The molecule has 0 aliphatic carbocycles. The zero-order valence-corrected chi connectivity index (χ0v) is 12.9. The second kappa shape index (κ2) is 7.55. The van der Waals surface area contributed by atoms with E-state index in [1.807, 2.05) is 0 Å². The van der Waals surface area contributed by atoms with Gasteiger partial charge in [-0.2, -0.15) is 0 Å². The molecule has 1 saturated heterocycles. The number of likely N-dealkylation sites (tertiary alicyclic amines) is 1. The Bertz CT molecular complexity index is 450. The quantitative estimate of drug-likeness (QED) is 0.904. The predicted molar refractivity (Wildman–Crippen MR) is 82.5 cm³/mol. The largest absolute Gasteiger partial charge is 0.355 e. The van der Waals surface area contributed by atoms with E-state index in [1.54, 1.807) is 12.1 Å². The number of rotatable bonds is 5. The molecule has 1 aliphatic rings. The van der Waals surface area contributed by atoms with Crippen LogP contribution < -0.4 is 5.32 Å². The van der Waals surface area contributed by atoms with Crippen LogP contribution in [-0.4, -0.2) is 37.0 Å². The molecule has 2 rings (SSSR count). The molecule has 21 heavy (non-hydrogen) atoms. The van der Waals surface area contributed by atoms with Gasteiger partial charge in [0.2, 0.25) is 5.91 Å². The number of hydrogen-bond acceptors (Lipinski definition) is 2. The molecule has 4 heteroatoms. The van der Waals surface area contributed by atoms with Crippen LogP contribution >= 0.6 is 0 Å². The summed E-state index contributed by atoms with van der Waals surface area (Å²) < 4.78 is 12.8. The molecular weight excluding hydrogens is 267 g/mol. The molecule has 116 valence electrons. The number of amides is 1. The molecule has 1 fully saturated rings. The van der Waals surface area contributed by atoms with E-state index < -0.39 is 0 Å². The van der Waals surface area contributed by atoms with Crippen molar-refractivity contribution in [3.05, 3.63) is 35.6 Å². The topological polar surface area (TPSA) is 32.3 Å². The van der Waals surface area contributed by atoms with Gasteiger partial charge in [0.25, 0.3) is 0 Å². The van der Waals surface area contributed by atoms with Gasteiger partial charge in [-0.05, 0) is 42.4 Å². The minimum atomic E-state index is -0.226. The first-order chi connectivity index (χ1) is 10.0. The van der Waals surface area contributed by atoms with E-state index in [-0.39, 0.29) is 11.7 Å². The number of hydrogen-bond donors (Lipinski definition) is 1. The molecule has 1 N–H and O–H groups in total. The average Bonchev–Trinajstić information content (AvgIpc) is 2.39. The smallest absolute Gasteiger partial charge is 0.234 e. The summed E-state index contributed by atoms with van der Waals surface area (Å²) in [5.41, 5.74) is 1.04. The van der Waals surface area contributed by atoms with E-state index in [9.17, 15) is 9.18 Å². The summed E-state index contributed by atoms with van der Waals surface area (Å²) in [5.74, 6) is 1.19. The minimum Gasteiger partial charge on any atom is -0.355 e. The Morgan fingerprint density at radius 1 is 1.24 bits per heavy atom. The molecule has 2 atom stereocenters. The second-order valence-corrected chi connectivity index (χ2v) is 6.37. The van der Waals surface area contributed by atoms with Gasteiger partial charge < -0.3 is 5.32 Å². The first-order valence-corrected chi connectivity index (χ1v) is 7.76. The van der Waals surface area contributed by atoms with Crippen molar-refractivity contribution in [3.63, 3.8) is 0 Å². The molecule has 0 aromatic heterocycles. The van der Waals surface area contributed by atoms with Crippen LogP contribution in [0.3, 0.4) is 0 Å². The molecule has 0 saturated carbocycles. The Labute approximate surface area is 126 Å². The van der Waals surface area contributed by atoms with Crippen molar-refractivity contribution in [2.45, 2.75) is 26.7 Å². The van der Waals surface area contributed by atoms with Gasteiger partial charge in [0.05, 0.1) is 6.54 Å². The Kier molecular flexibility index (Phi) is 5.74. The summed E-state index contributed by atoms with van der Waals surface area (Å²) in [7, 11) is 0. The monoisotopic (exact) mass is 292 g/mol. The average molecular weight is 292 g/mol. The van der Waals surface area contributed by atoms with Gasteiger partial charge in [0, 0.05) is 19.6 Å². The van der Waals surface area contributed by atoms with Crippen molar-refractivity contribution in [2.24, 2.45) is 11.8 Å². The van der Waals surface area contributed by atoms with Crippen LogP contribution in [0.5, 0.6) is 0 Å². The summed E-state index contributed by atoms with van der Waals surface area (Å²) in [6.07, 6.45) is 1.99. The van der Waals surface area contributed by atoms with Crippen molar-refractivity contribution < 1.29 is 9.18 Å². The minimum absolute atomic E-state index is 0.0819. The third-order valence-electron chi connectivity index (χ3n) is 3.96. The summed E-state index contributed by atoms with van der Waals surface area (Å²) >= 11 is 0. The van der Waals surface area contributed by atoms with Gasteiger partial charge in [-0.3, -0.25) is 9.69 Å². The fraction of sp³-hybridized carbons (Fsp3) is 0.588. The van der Waals surface area contributed by atoms with E-state index >= 15 is 0 Å². The zero-order chi connectivity index (χ0) is 15.2. The second-order valence-electron chi connectivity index (χ2n) is 6.37. The lowest BCUT2D eigenvalue weighted by Gasteiger charge is -2.34. The van der Waals surface area contributed by atoms with Crippen LogP contribution in [0.1, 0.15) is 25.8 Å². The Morgan fingerprint density at radius 2 is 1.86 bits per heavy atom. The predicted octanol–water partition coefficient (Wildman–Crippen LogP) is 2.46. The summed E-state index contributed by atoms with van der Waals surface area (Å²) in [6.45, 7) is 7.59. The number of carbonyl (C=O) groups is 1. The lowest BCUT2D eigenvalue weighted by Crippen LogP contribution is -2.44. The lowest BCUT2D eigenvalue weighted by atomic mass is 9.92. The van der Waals surface area contributed by atoms with Crippen LogP contribution in [0.25, 0.3) is 0 Å². The fourth-order valence-corrected chi connectivity index (χ4v) is 3.18. The number of halogens is 1. The molecule has 0 radical (unpaired) electrons. The SMILES string of the molecule is CC1CC(C)CN(CC(=O)NCCc2ccc(F)cc2)C1. The van der Waals surface area contributed by atoms with E-state index in [1.165, 1.54) is 18.6 Å². The molecule has 0 spiro atoms. The number of benzene rings is 1. The highest BCUT2D eigenvalue weighted by Gasteiger charge is 2.22. The maximum atomic E-state index is 12.8. The number of nitrogens with one attached hydrogen (secondary N) is 1. The van der Waals surface area contributed by atoms with E-state index in [0.29, 0.717) is 24.9 Å². The Morgan fingerprint density at radius 3 is 2.48 bits per heavy atom. The van der Waals surface area contributed by atoms with Crippen molar-refractivity contribution in [1.82, 2.24) is 10.2 Å². The maximum absolute atomic E-state index is 12.8. The van der Waals surface area contributed by atoms with Gasteiger partial charge >= 0.3 is 0 Å². The molecule has 0 bridgehead atoms. The molecule has 3 nitrogen and oxygen atoms in total.